The Morgan fingerprint density at radius 1 is 1.00 bits per heavy atom. The van der Waals surface area contributed by atoms with Gasteiger partial charge in [-0.15, -0.1) is 0 Å². The van der Waals surface area contributed by atoms with E-state index in [-0.39, 0.29) is 11.7 Å². The van der Waals surface area contributed by atoms with E-state index in [4.69, 9.17) is 9.16 Å². The largest absolute Gasteiger partial charge is 0.466 e. The van der Waals surface area contributed by atoms with E-state index in [1.807, 2.05) is 45.1 Å². The number of methoxy groups -OCH3 is 1. The molecule has 8 heteroatoms. The molecule has 0 radical (unpaired) electrons. The highest BCUT2D eigenvalue weighted by molar-refractivity contribution is 6.77. The number of aliphatic hydroxyl groups is 1. The van der Waals surface area contributed by atoms with Crippen molar-refractivity contribution in [3.8, 4) is 0 Å². The molecule has 1 rings (SSSR count). The number of carbonyl (C=O) groups is 3. The highest BCUT2D eigenvalue weighted by atomic mass is 28.4. The monoisotopic (exact) mass is 656 g/mol. The standard InChI is InChI=1S/C38H60O7Si/c1-27(2)46(28(3)4,29(5)6)45-35-23-22-33(39)18-14-12-16-20-38(42)44-36(26-30(7)17-13-11-15-19-34(35)40)32(9)25-31(8)21-24-37(41)43-10/h11,13,16-17,20-25,27-29,32,34-36,40H,12,14-15,18-19,26H2,1-10H3/b13-11+,20-16+,23-22+,24-21+,30-17+,31-25+/t32-,34-,35?,36-/m1/s1. The molecule has 0 saturated heterocycles. The maximum Gasteiger partial charge on any atom is 0.330 e. The third-order valence-corrected chi connectivity index (χ3v) is 14.8. The Balaban J connectivity index is 3.29. The number of rotatable bonds is 9. The number of hydrogen-bond acceptors (Lipinski definition) is 7. The molecule has 4 atom stereocenters. The zero-order valence-corrected chi connectivity index (χ0v) is 31.0. The number of ketones is 1. The number of hydrogen-bond donors (Lipinski definition) is 1. The number of ether oxygens (including phenoxy) is 2. The number of aliphatic hydroxyl groups excluding tert-OH is 1. The average molecular weight is 657 g/mol. The van der Waals surface area contributed by atoms with Gasteiger partial charge in [-0.25, -0.2) is 9.59 Å². The van der Waals surface area contributed by atoms with Crippen LogP contribution < -0.4 is 0 Å². The zero-order valence-electron chi connectivity index (χ0n) is 30.0. The van der Waals surface area contributed by atoms with Crippen LogP contribution in [0.1, 0.15) is 101 Å². The number of cyclic esters (lactones) is 1. The smallest absolute Gasteiger partial charge is 0.330 e. The van der Waals surface area contributed by atoms with Crippen molar-refractivity contribution in [2.24, 2.45) is 5.92 Å². The lowest BCUT2D eigenvalue weighted by Gasteiger charge is -2.45. The van der Waals surface area contributed by atoms with E-state index in [9.17, 15) is 19.5 Å². The molecular formula is C38H60O7Si. The fraction of sp³-hybridized carbons (Fsp3) is 0.605. The summed E-state index contributed by atoms with van der Waals surface area (Å²) in [6.45, 7) is 19.1. The molecule has 0 bridgehead atoms. The van der Waals surface area contributed by atoms with Crippen molar-refractivity contribution in [2.45, 2.75) is 136 Å². The van der Waals surface area contributed by atoms with Gasteiger partial charge in [-0.1, -0.05) is 102 Å². The first-order chi connectivity index (χ1) is 21.6. The van der Waals surface area contributed by atoms with E-state index >= 15 is 0 Å². The fourth-order valence-electron chi connectivity index (χ4n) is 6.26. The third kappa shape index (κ3) is 14.3. The second kappa shape index (κ2) is 21.1. The Bertz CT molecular complexity index is 1130. The number of esters is 2. The lowest BCUT2D eigenvalue weighted by atomic mass is 9.95. The average Bonchev–Trinajstić information content (AvgIpc) is 2.98. The van der Waals surface area contributed by atoms with Crippen LogP contribution in [0.25, 0.3) is 0 Å². The molecule has 0 amide bonds. The van der Waals surface area contributed by atoms with Gasteiger partial charge in [0.05, 0.1) is 19.3 Å². The molecule has 0 aliphatic carbocycles. The zero-order chi connectivity index (χ0) is 34.9. The molecule has 46 heavy (non-hydrogen) atoms. The van der Waals surface area contributed by atoms with Crippen LogP contribution in [0.5, 0.6) is 0 Å². The van der Waals surface area contributed by atoms with Crippen LogP contribution >= 0.6 is 0 Å². The van der Waals surface area contributed by atoms with E-state index in [0.29, 0.717) is 55.1 Å². The van der Waals surface area contributed by atoms with Gasteiger partial charge >= 0.3 is 11.9 Å². The van der Waals surface area contributed by atoms with Crippen molar-refractivity contribution in [2.75, 3.05) is 7.11 Å². The number of carbonyl (C=O) groups excluding carboxylic acids is 3. The predicted molar refractivity (Wildman–Crippen MR) is 190 cm³/mol. The van der Waals surface area contributed by atoms with Crippen molar-refractivity contribution in [3.05, 3.63) is 71.9 Å². The van der Waals surface area contributed by atoms with Gasteiger partial charge in [0, 0.05) is 30.9 Å². The summed E-state index contributed by atoms with van der Waals surface area (Å²) in [5.41, 5.74) is 2.93. The quantitative estimate of drug-likeness (QED) is 0.115. The summed E-state index contributed by atoms with van der Waals surface area (Å²) < 4.78 is 17.5. The molecule has 0 fully saturated rings. The molecule has 0 aromatic carbocycles. The summed E-state index contributed by atoms with van der Waals surface area (Å²) in [7, 11) is -0.979. The van der Waals surface area contributed by atoms with Crippen molar-refractivity contribution >= 4 is 26.0 Å². The van der Waals surface area contributed by atoms with E-state index in [0.717, 1.165) is 11.1 Å². The van der Waals surface area contributed by atoms with Crippen molar-refractivity contribution in [1.29, 1.82) is 0 Å². The Morgan fingerprint density at radius 2 is 1.65 bits per heavy atom. The second-order valence-corrected chi connectivity index (χ2v) is 18.8. The van der Waals surface area contributed by atoms with Gasteiger partial charge in [0.1, 0.15) is 6.10 Å². The van der Waals surface area contributed by atoms with Crippen LogP contribution in [0, 0.1) is 5.92 Å². The van der Waals surface area contributed by atoms with E-state index in [1.165, 1.54) is 19.3 Å². The van der Waals surface area contributed by atoms with Crippen LogP contribution in [0.3, 0.4) is 0 Å². The summed E-state index contributed by atoms with van der Waals surface area (Å²) in [5, 5.41) is 11.3. The first kappa shape index (κ1) is 41.2. The second-order valence-electron chi connectivity index (χ2n) is 13.4. The SMILES string of the molecule is COC(=O)/C=C/C(C)=C/[C@@H](C)[C@H]1C/C(C)=C/C=C/CC[C@@H](O)C(O[Si](C(C)C)(C(C)C)C(C)C)/C=C/C(=O)CCC/C=C/C(=O)O1. The van der Waals surface area contributed by atoms with Gasteiger partial charge in [0.2, 0.25) is 8.32 Å². The van der Waals surface area contributed by atoms with E-state index in [1.54, 1.807) is 24.3 Å². The summed E-state index contributed by atoms with van der Waals surface area (Å²) in [6, 6.07) is 0. The molecule has 258 valence electrons. The Labute approximate surface area is 279 Å². The molecular weight excluding hydrogens is 596 g/mol. The van der Waals surface area contributed by atoms with Crippen molar-refractivity contribution < 1.29 is 33.4 Å². The molecule has 0 aromatic rings. The lowest BCUT2D eigenvalue weighted by Crippen LogP contribution is -2.52. The van der Waals surface area contributed by atoms with E-state index < -0.39 is 38.6 Å². The first-order valence-corrected chi connectivity index (χ1v) is 19.0. The van der Waals surface area contributed by atoms with Crippen LogP contribution in [0.2, 0.25) is 16.6 Å². The number of allylic oxidation sites excluding steroid dienone is 7. The third-order valence-electron chi connectivity index (χ3n) is 8.68. The molecule has 1 N–H and O–H groups in total. The first-order valence-electron chi connectivity index (χ1n) is 16.8. The van der Waals surface area contributed by atoms with Gasteiger partial charge in [-0.3, -0.25) is 4.79 Å². The summed E-state index contributed by atoms with van der Waals surface area (Å²) in [4.78, 5) is 37.1. The van der Waals surface area contributed by atoms with Gasteiger partial charge in [0.15, 0.2) is 5.78 Å². The van der Waals surface area contributed by atoms with Crippen LogP contribution in [0.15, 0.2) is 71.9 Å². The van der Waals surface area contributed by atoms with Gasteiger partial charge < -0.3 is 19.0 Å². The summed E-state index contributed by atoms with van der Waals surface area (Å²) in [5.74, 6) is -1.02. The van der Waals surface area contributed by atoms with Crippen molar-refractivity contribution in [1.82, 2.24) is 0 Å². The maximum absolute atomic E-state index is 12.8. The predicted octanol–water partition coefficient (Wildman–Crippen LogP) is 8.67. The molecule has 7 nitrogen and oxygen atoms in total. The molecule has 0 saturated carbocycles. The minimum absolute atomic E-state index is 0.0325. The highest BCUT2D eigenvalue weighted by Gasteiger charge is 2.47. The Morgan fingerprint density at radius 3 is 2.26 bits per heavy atom. The van der Waals surface area contributed by atoms with Crippen LogP contribution in [-0.4, -0.2) is 56.6 Å². The van der Waals surface area contributed by atoms with Crippen LogP contribution in [-0.2, 0) is 28.3 Å². The van der Waals surface area contributed by atoms with Gasteiger partial charge in [-0.2, -0.15) is 0 Å². The molecule has 0 spiro atoms. The van der Waals surface area contributed by atoms with E-state index in [2.05, 4.69) is 46.3 Å². The molecule has 1 aliphatic rings. The topological polar surface area (TPSA) is 99.1 Å². The Hall–Kier alpha value is -2.81. The normalized spacial score (nSPS) is 26.0. The molecule has 1 unspecified atom stereocenters. The molecule has 1 heterocycles. The minimum atomic E-state index is -2.31. The summed E-state index contributed by atoms with van der Waals surface area (Å²) in [6.07, 6.45) is 18.9. The molecule has 1 aliphatic heterocycles. The Kier molecular flexibility index (Phi) is 18.9. The fourth-order valence-corrected chi connectivity index (χ4v) is 11.8. The van der Waals surface area contributed by atoms with Gasteiger partial charge in [-0.05, 0) is 62.2 Å². The maximum atomic E-state index is 12.8. The van der Waals surface area contributed by atoms with Crippen molar-refractivity contribution in [3.63, 3.8) is 0 Å². The molecule has 0 aromatic heterocycles. The van der Waals surface area contributed by atoms with Gasteiger partial charge in [0.25, 0.3) is 0 Å². The summed E-state index contributed by atoms with van der Waals surface area (Å²) >= 11 is 0. The minimum Gasteiger partial charge on any atom is -0.466 e. The van der Waals surface area contributed by atoms with Crippen LogP contribution in [0.4, 0.5) is 0 Å². The highest BCUT2D eigenvalue weighted by Crippen LogP contribution is 2.43. The lowest BCUT2D eigenvalue weighted by molar-refractivity contribution is -0.144.